The SMILES string of the molecule is CCC1C(=O)C(C(=O)NCCc2ccc(S(=O)(=O)NC(=O)NC3CCC(C)CC3)cc2)=CC1C. The van der Waals surface area contributed by atoms with Crippen LogP contribution in [-0.2, 0) is 26.0 Å². The van der Waals surface area contributed by atoms with Crippen molar-refractivity contribution in [2.24, 2.45) is 17.8 Å². The van der Waals surface area contributed by atoms with Gasteiger partial charge in [-0.3, -0.25) is 9.59 Å². The van der Waals surface area contributed by atoms with Crippen LogP contribution in [0.15, 0.2) is 40.8 Å². The molecule has 1 aromatic rings. The maximum atomic E-state index is 12.5. The van der Waals surface area contributed by atoms with Gasteiger partial charge >= 0.3 is 6.03 Å². The van der Waals surface area contributed by atoms with Crippen LogP contribution < -0.4 is 15.4 Å². The molecule has 0 spiro atoms. The van der Waals surface area contributed by atoms with Crippen LogP contribution in [-0.4, -0.2) is 38.7 Å². The molecule has 0 saturated heterocycles. The van der Waals surface area contributed by atoms with E-state index in [1.54, 1.807) is 18.2 Å². The molecule has 0 bridgehead atoms. The zero-order valence-corrected chi connectivity index (χ0v) is 20.9. The molecule has 2 aliphatic rings. The smallest absolute Gasteiger partial charge is 0.328 e. The summed E-state index contributed by atoms with van der Waals surface area (Å²) in [7, 11) is -3.98. The highest BCUT2D eigenvalue weighted by atomic mass is 32.2. The summed E-state index contributed by atoms with van der Waals surface area (Å²) < 4.78 is 27.2. The molecule has 8 nitrogen and oxygen atoms in total. The maximum Gasteiger partial charge on any atom is 0.328 e. The first-order valence-corrected chi connectivity index (χ1v) is 13.6. The molecule has 34 heavy (non-hydrogen) atoms. The van der Waals surface area contributed by atoms with Crippen LogP contribution in [0.5, 0.6) is 0 Å². The Morgan fingerprint density at radius 3 is 2.26 bits per heavy atom. The fourth-order valence-corrected chi connectivity index (χ4v) is 5.61. The van der Waals surface area contributed by atoms with Crippen molar-refractivity contribution in [2.75, 3.05) is 6.54 Å². The first-order chi connectivity index (χ1) is 16.1. The lowest BCUT2D eigenvalue weighted by atomic mass is 9.87. The molecule has 2 unspecified atom stereocenters. The van der Waals surface area contributed by atoms with Gasteiger partial charge in [0, 0.05) is 18.5 Å². The second-order valence-corrected chi connectivity index (χ2v) is 11.2. The third kappa shape index (κ3) is 6.46. The number of benzene rings is 1. The largest absolute Gasteiger partial charge is 0.352 e. The van der Waals surface area contributed by atoms with Gasteiger partial charge in [-0.25, -0.2) is 17.9 Å². The quantitative estimate of drug-likeness (QED) is 0.485. The monoisotopic (exact) mass is 489 g/mol. The number of ketones is 1. The fraction of sp³-hybridized carbons (Fsp3) is 0.560. The second-order valence-electron chi connectivity index (χ2n) is 9.50. The van der Waals surface area contributed by atoms with Crippen molar-refractivity contribution in [1.29, 1.82) is 0 Å². The number of carbonyl (C=O) groups excluding carboxylic acids is 3. The van der Waals surface area contributed by atoms with Crippen molar-refractivity contribution >= 4 is 27.7 Å². The molecule has 0 heterocycles. The third-order valence-electron chi connectivity index (χ3n) is 6.86. The summed E-state index contributed by atoms with van der Waals surface area (Å²) in [6, 6.07) is 5.46. The zero-order chi connectivity index (χ0) is 24.9. The summed E-state index contributed by atoms with van der Waals surface area (Å²) in [5, 5.41) is 5.52. The van der Waals surface area contributed by atoms with Gasteiger partial charge in [-0.15, -0.1) is 0 Å². The number of carbonyl (C=O) groups is 3. The van der Waals surface area contributed by atoms with Crippen molar-refractivity contribution in [3.8, 4) is 0 Å². The molecule has 1 aromatic carbocycles. The zero-order valence-electron chi connectivity index (χ0n) is 20.1. The first-order valence-electron chi connectivity index (χ1n) is 12.1. The van der Waals surface area contributed by atoms with E-state index >= 15 is 0 Å². The van der Waals surface area contributed by atoms with Gasteiger partial charge < -0.3 is 10.6 Å². The van der Waals surface area contributed by atoms with Crippen molar-refractivity contribution in [2.45, 2.75) is 70.2 Å². The minimum Gasteiger partial charge on any atom is -0.352 e. The van der Waals surface area contributed by atoms with Gasteiger partial charge in [0.15, 0.2) is 5.78 Å². The molecule has 3 amide bonds. The number of urea groups is 1. The van der Waals surface area contributed by atoms with E-state index in [2.05, 4.69) is 22.3 Å². The van der Waals surface area contributed by atoms with Gasteiger partial charge in [0.1, 0.15) is 0 Å². The second kappa shape index (κ2) is 11.2. The summed E-state index contributed by atoms with van der Waals surface area (Å²) in [5.41, 5.74) is 1.06. The summed E-state index contributed by atoms with van der Waals surface area (Å²) in [6.07, 6.45) is 6.67. The summed E-state index contributed by atoms with van der Waals surface area (Å²) in [6.45, 7) is 6.38. The lowest BCUT2D eigenvalue weighted by molar-refractivity contribution is -0.124. The molecule has 0 aromatic heterocycles. The van der Waals surface area contributed by atoms with E-state index in [1.807, 2.05) is 13.8 Å². The van der Waals surface area contributed by atoms with E-state index in [9.17, 15) is 22.8 Å². The third-order valence-corrected chi connectivity index (χ3v) is 8.21. The Hall–Kier alpha value is -2.68. The van der Waals surface area contributed by atoms with E-state index in [4.69, 9.17) is 0 Å². The molecule has 1 saturated carbocycles. The van der Waals surface area contributed by atoms with Crippen LogP contribution in [0, 0.1) is 17.8 Å². The molecule has 3 rings (SSSR count). The van der Waals surface area contributed by atoms with E-state index in [0.717, 1.165) is 31.2 Å². The van der Waals surface area contributed by atoms with Gasteiger partial charge in [0.25, 0.3) is 15.9 Å². The molecule has 186 valence electrons. The molecular weight excluding hydrogens is 454 g/mol. The lowest BCUT2D eigenvalue weighted by Crippen LogP contribution is -2.45. The number of hydrogen-bond acceptors (Lipinski definition) is 5. The number of nitrogens with one attached hydrogen (secondary N) is 3. The predicted molar refractivity (Wildman–Crippen MR) is 129 cm³/mol. The minimum absolute atomic E-state index is 0.00431. The van der Waals surface area contributed by atoms with Crippen molar-refractivity contribution in [3.05, 3.63) is 41.5 Å². The molecule has 0 aliphatic heterocycles. The molecule has 1 fully saturated rings. The van der Waals surface area contributed by atoms with Gasteiger partial charge in [-0.1, -0.05) is 39.0 Å². The maximum absolute atomic E-state index is 12.5. The van der Waals surface area contributed by atoms with E-state index in [-0.39, 0.29) is 40.0 Å². The summed E-state index contributed by atoms with van der Waals surface area (Å²) >= 11 is 0. The highest BCUT2D eigenvalue weighted by Gasteiger charge is 2.34. The Balaban J connectivity index is 1.47. The molecule has 2 aliphatic carbocycles. The van der Waals surface area contributed by atoms with Crippen molar-refractivity contribution < 1.29 is 22.8 Å². The van der Waals surface area contributed by atoms with Crippen molar-refractivity contribution in [3.63, 3.8) is 0 Å². The topological polar surface area (TPSA) is 121 Å². The van der Waals surface area contributed by atoms with Crippen LogP contribution in [0.1, 0.15) is 58.4 Å². The molecule has 3 N–H and O–H groups in total. The van der Waals surface area contributed by atoms with Gasteiger partial charge in [-0.05, 0) is 68.1 Å². The molecular formula is C25H35N3O5S. The van der Waals surface area contributed by atoms with Crippen LogP contribution in [0.25, 0.3) is 0 Å². The van der Waals surface area contributed by atoms with Gasteiger partial charge in [0.2, 0.25) is 0 Å². The van der Waals surface area contributed by atoms with E-state index in [0.29, 0.717) is 25.3 Å². The Morgan fingerprint density at radius 2 is 1.68 bits per heavy atom. The Morgan fingerprint density at radius 1 is 1.03 bits per heavy atom. The van der Waals surface area contributed by atoms with Crippen LogP contribution in [0.3, 0.4) is 0 Å². The normalized spacial score (nSPS) is 24.9. The average Bonchev–Trinajstić information content (AvgIpc) is 3.08. The van der Waals surface area contributed by atoms with Crippen LogP contribution in [0.2, 0.25) is 0 Å². The molecule has 2 atom stereocenters. The number of sulfonamides is 1. The number of amides is 3. The highest BCUT2D eigenvalue weighted by Crippen LogP contribution is 2.29. The van der Waals surface area contributed by atoms with E-state index in [1.165, 1.54) is 12.1 Å². The fourth-order valence-electron chi connectivity index (χ4n) is 4.70. The van der Waals surface area contributed by atoms with Crippen LogP contribution >= 0.6 is 0 Å². The average molecular weight is 490 g/mol. The first kappa shape index (κ1) is 25.9. The summed E-state index contributed by atoms with van der Waals surface area (Å²) in [5.74, 6) is 0.106. The van der Waals surface area contributed by atoms with E-state index < -0.39 is 16.1 Å². The van der Waals surface area contributed by atoms with Gasteiger partial charge in [-0.2, -0.15) is 0 Å². The molecule has 0 radical (unpaired) electrons. The van der Waals surface area contributed by atoms with Gasteiger partial charge in [0.05, 0.1) is 10.5 Å². The number of rotatable bonds is 8. The standard InChI is InChI=1S/C25H35N3O5S/c1-4-21-17(3)15-22(23(21)29)24(30)26-14-13-18-7-11-20(12-8-18)34(32,33)28-25(31)27-19-9-5-16(2)6-10-19/h7-8,11-12,15-17,19,21H,4-6,9-10,13-14H2,1-3H3,(H,26,30)(H2,27,28,31). The molecule has 9 heteroatoms. The highest BCUT2D eigenvalue weighted by molar-refractivity contribution is 7.90. The lowest BCUT2D eigenvalue weighted by Gasteiger charge is -2.26. The Bertz CT molecular complexity index is 1040. The number of hydrogen-bond donors (Lipinski definition) is 3. The Labute approximate surface area is 202 Å². The number of allylic oxidation sites excluding steroid dienone is 1. The van der Waals surface area contributed by atoms with Crippen molar-refractivity contribution in [1.82, 2.24) is 15.4 Å². The van der Waals surface area contributed by atoms with Crippen LogP contribution in [0.4, 0.5) is 4.79 Å². The minimum atomic E-state index is -3.98. The Kier molecular flexibility index (Phi) is 8.52. The summed E-state index contributed by atoms with van der Waals surface area (Å²) in [4.78, 5) is 36.9. The number of Topliss-reactive ketones (excluding diaryl/α,β-unsaturated/α-hetero) is 1. The predicted octanol–water partition coefficient (Wildman–Crippen LogP) is 3.08.